The quantitative estimate of drug-likeness (QED) is 0.460. The van der Waals surface area contributed by atoms with E-state index >= 15 is 0 Å². The van der Waals surface area contributed by atoms with Crippen molar-refractivity contribution in [1.29, 1.82) is 0 Å². The van der Waals surface area contributed by atoms with Crippen LogP contribution in [-0.2, 0) is 15.3 Å². The van der Waals surface area contributed by atoms with Gasteiger partial charge in [-0.3, -0.25) is 4.18 Å². The Morgan fingerprint density at radius 1 is 1.57 bits per heavy atom. The lowest BCUT2D eigenvalue weighted by atomic mass is 11.7. The second-order valence-corrected chi connectivity index (χ2v) is 2.81. The van der Waals surface area contributed by atoms with Crippen molar-refractivity contribution in [1.82, 2.24) is 0 Å². The number of rotatable bonds is 3. The predicted octanol–water partition coefficient (Wildman–Crippen LogP) is 0.441. The zero-order valence-electron chi connectivity index (χ0n) is 3.53. The SMILES string of the molecule is O=S(CS)OCS. The van der Waals surface area contributed by atoms with Crippen molar-refractivity contribution in [3.63, 3.8) is 0 Å². The molecule has 0 aliphatic rings. The second-order valence-electron chi connectivity index (χ2n) is 0.680. The highest BCUT2D eigenvalue weighted by Gasteiger charge is 1.89. The first-order valence-electron chi connectivity index (χ1n) is 1.54. The van der Waals surface area contributed by atoms with Gasteiger partial charge in [-0.25, -0.2) is 4.21 Å². The summed E-state index contributed by atoms with van der Waals surface area (Å²) in [5.41, 5.74) is 0. The molecular formula is C2H6O2S3. The fourth-order valence-electron chi connectivity index (χ4n) is 0.0961. The lowest BCUT2D eigenvalue weighted by molar-refractivity contribution is 0.430. The Morgan fingerprint density at radius 3 is 2.29 bits per heavy atom. The van der Waals surface area contributed by atoms with E-state index in [2.05, 4.69) is 29.4 Å². The molecule has 5 heteroatoms. The third-order valence-electron chi connectivity index (χ3n) is 0.290. The minimum Gasteiger partial charge on any atom is -0.279 e. The van der Waals surface area contributed by atoms with Crippen molar-refractivity contribution in [2.75, 3.05) is 11.0 Å². The number of hydrogen-bond donors (Lipinski definition) is 2. The lowest BCUT2D eigenvalue weighted by Crippen LogP contribution is -1.94. The monoisotopic (exact) mass is 158 g/mol. The molecule has 0 heterocycles. The average molecular weight is 158 g/mol. The Labute approximate surface area is 56.1 Å². The zero-order chi connectivity index (χ0) is 5.70. The summed E-state index contributed by atoms with van der Waals surface area (Å²) in [6.45, 7) is 0. The first-order valence-corrected chi connectivity index (χ1v) is 4.05. The fourth-order valence-corrected chi connectivity index (χ4v) is 0.864. The first-order chi connectivity index (χ1) is 3.31. The molecule has 2 nitrogen and oxygen atoms in total. The molecule has 0 radical (unpaired) electrons. The minimum absolute atomic E-state index is 0.188. The summed E-state index contributed by atoms with van der Waals surface area (Å²) >= 11 is 6.12. The standard InChI is InChI=1S/C2H6O2S3/c3-7(2-6)4-1-5/h5-6H,1-2H2. The summed E-state index contributed by atoms with van der Waals surface area (Å²) in [6, 6.07) is 0. The van der Waals surface area contributed by atoms with Gasteiger partial charge in [0.25, 0.3) is 0 Å². The van der Waals surface area contributed by atoms with Crippen LogP contribution >= 0.6 is 25.3 Å². The van der Waals surface area contributed by atoms with E-state index in [1.54, 1.807) is 0 Å². The third-order valence-corrected chi connectivity index (χ3v) is 1.82. The molecule has 0 N–H and O–H groups in total. The minimum atomic E-state index is -1.24. The summed E-state index contributed by atoms with van der Waals surface area (Å²) in [4.78, 5) is 0. The van der Waals surface area contributed by atoms with Crippen LogP contribution in [0.2, 0.25) is 0 Å². The summed E-state index contributed by atoms with van der Waals surface area (Å²) in [5, 5.41) is 0.237. The molecule has 0 saturated carbocycles. The van der Waals surface area contributed by atoms with E-state index in [9.17, 15) is 4.21 Å². The average Bonchev–Trinajstić information content (AvgIpc) is 1.68. The van der Waals surface area contributed by atoms with Crippen LogP contribution in [0.1, 0.15) is 0 Å². The van der Waals surface area contributed by atoms with Gasteiger partial charge < -0.3 is 0 Å². The van der Waals surface area contributed by atoms with Crippen molar-refractivity contribution >= 4 is 36.3 Å². The van der Waals surface area contributed by atoms with Gasteiger partial charge in [0.2, 0.25) is 0 Å². The van der Waals surface area contributed by atoms with Gasteiger partial charge in [0, 0.05) is 0 Å². The third kappa shape index (κ3) is 4.67. The molecule has 0 aromatic rings. The van der Waals surface area contributed by atoms with E-state index in [4.69, 9.17) is 0 Å². The molecule has 0 amide bonds. The summed E-state index contributed by atoms with van der Waals surface area (Å²) < 4.78 is 14.6. The second kappa shape index (κ2) is 4.96. The van der Waals surface area contributed by atoms with Crippen molar-refractivity contribution in [3.05, 3.63) is 0 Å². The normalized spacial score (nSPS) is 14.0. The van der Waals surface area contributed by atoms with Crippen molar-refractivity contribution in [2.45, 2.75) is 0 Å². The van der Waals surface area contributed by atoms with E-state index in [0.717, 1.165) is 0 Å². The van der Waals surface area contributed by atoms with Crippen LogP contribution in [0.3, 0.4) is 0 Å². The molecule has 0 aliphatic heterocycles. The molecule has 0 aromatic carbocycles. The molecule has 1 unspecified atom stereocenters. The smallest absolute Gasteiger partial charge is 0.166 e. The van der Waals surface area contributed by atoms with Crippen LogP contribution in [0, 0.1) is 0 Å². The van der Waals surface area contributed by atoms with Gasteiger partial charge in [-0.05, 0) is 0 Å². The van der Waals surface area contributed by atoms with Crippen molar-refractivity contribution < 1.29 is 8.39 Å². The maximum absolute atomic E-state index is 10.2. The Balaban J connectivity index is 3.00. The Bertz CT molecular complexity index is 64.0. The molecule has 44 valence electrons. The Kier molecular flexibility index (Phi) is 5.53. The molecule has 0 fully saturated rings. The molecule has 0 aromatic heterocycles. The molecule has 0 spiro atoms. The molecule has 1 atom stereocenters. The van der Waals surface area contributed by atoms with Crippen LogP contribution in [-0.4, -0.2) is 15.2 Å². The molecular weight excluding hydrogens is 152 g/mol. The molecule has 0 aliphatic carbocycles. The molecule has 7 heavy (non-hydrogen) atoms. The summed E-state index contributed by atoms with van der Waals surface area (Å²) in [5.74, 6) is 0.188. The van der Waals surface area contributed by atoms with E-state index in [1.807, 2.05) is 0 Å². The van der Waals surface area contributed by atoms with Gasteiger partial charge >= 0.3 is 0 Å². The molecule has 0 saturated heterocycles. The van der Waals surface area contributed by atoms with Crippen molar-refractivity contribution in [2.24, 2.45) is 0 Å². The Morgan fingerprint density at radius 2 is 2.14 bits per heavy atom. The highest BCUT2D eigenvalue weighted by atomic mass is 32.2. The van der Waals surface area contributed by atoms with Gasteiger partial charge in [0.05, 0.1) is 5.08 Å². The Hall–Kier alpha value is 0.810. The molecule has 0 bridgehead atoms. The first kappa shape index (κ1) is 7.81. The highest BCUT2D eigenvalue weighted by molar-refractivity contribution is 7.97. The van der Waals surface area contributed by atoms with Gasteiger partial charge in [-0.1, -0.05) is 0 Å². The summed E-state index contributed by atoms with van der Waals surface area (Å²) in [6.07, 6.45) is 0. The highest BCUT2D eigenvalue weighted by Crippen LogP contribution is 1.88. The summed E-state index contributed by atoms with van der Waals surface area (Å²) in [7, 11) is 0. The zero-order valence-corrected chi connectivity index (χ0v) is 6.14. The fraction of sp³-hybridized carbons (Fsp3) is 1.00. The lowest BCUT2D eigenvalue weighted by Gasteiger charge is -1.90. The van der Waals surface area contributed by atoms with Crippen LogP contribution in [0.5, 0.6) is 0 Å². The number of hydrogen-bond acceptors (Lipinski definition) is 4. The van der Waals surface area contributed by atoms with Gasteiger partial charge in [0.15, 0.2) is 11.1 Å². The maximum Gasteiger partial charge on any atom is 0.166 e. The van der Waals surface area contributed by atoms with E-state index in [-0.39, 0.29) is 11.0 Å². The van der Waals surface area contributed by atoms with E-state index < -0.39 is 11.1 Å². The van der Waals surface area contributed by atoms with Gasteiger partial charge in [-0.2, -0.15) is 12.6 Å². The number of thiol groups is 2. The maximum atomic E-state index is 10.2. The predicted molar refractivity (Wildman–Crippen MR) is 36.9 cm³/mol. The van der Waals surface area contributed by atoms with E-state index in [0.29, 0.717) is 0 Å². The van der Waals surface area contributed by atoms with Crippen LogP contribution in [0.15, 0.2) is 0 Å². The van der Waals surface area contributed by atoms with Crippen LogP contribution in [0.25, 0.3) is 0 Å². The largest absolute Gasteiger partial charge is 0.279 e. The van der Waals surface area contributed by atoms with Gasteiger partial charge in [0.1, 0.15) is 5.94 Å². The topological polar surface area (TPSA) is 26.3 Å². The van der Waals surface area contributed by atoms with Gasteiger partial charge in [-0.15, -0.1) is 12.6 Å². The van der Waals surface area contributed by atoms with Crippen molar-refractivity contribution in [3.8, 4) is 0 Å². The molecule has 0 rings (SSSR count). The van der Waals surface area contributed by atoms with Crippen LogP contribution in [0.4, 0.5) is 0 Å². The van der Waals surface area contributed by atoms with Crippen LogP contribution < -0.4 is 0 Å². The van der Waals surface area contributed by atoms with E-state index in [1.165, 1.54) is 0 Å².